The number of fused-ring (bicyclic) bond motifs is 1. The van der Waals surface area contributed by atoms with E-state index in [4.69, 9.17) is 9.47 Å². The van der Waals surface area contributed by atoms with Crippen LogP contribution in [0, 0.1) is 0 Å². The number of hydrogen-bond donors (Lipinski definition) is 3. The fourth-order valence-corrected chi connectivity index (χ4v) is 2.50. The highest BCUT2D eigenvalue weighted by molar-refractivity contribution is 6.04. The van der Waals surface area contributed by atoms with Crippen LogP contribution in [-0.4, -0.2) is 36.9 Å². The van der Waals surface area contributed by atoms with E-state index in [0.717, 1.165) is 24.2 Å². The van der Waals surface area contributed by atoms with E-state index in [2.05, 4.69) is 20.8 Å². The van der Waals surface area contributed by atoms with Gasteiger partial charge in [0.25, 0.3) is 5.91 Å². The number of aromatic nitrogens is 2. The molecule has 1 aliphatic heterocycles. The van der Waals surface area contributed by atoms with Crippen LogP contribution in [-0.2, 0) is 13.0 Å². The first-order valence-electron chi connectivity index (χ1n) is 7.03. The Bertz CT molecular complexity index is 702. The van der Waals surface area contributed by atoms with E-state index < -0.39 is 0 Å². The molecule has 1 aromatic carbocycles. The summed E-state index contributed by atoms with van der Waals surface area (Å²) in [5, 5.41) is 13.2. The Morgan fingerprint density at radius 1 is 1.30 bits per heavy atom. The highest BCUT2D eigenvalue weighted by Gasteiger charge is 2.22. The second-order valence-electron chi connectivity index (χ2n) is 4.98. The summed E-state index contributed by atoms with van der Waals surface area (Å²) in [6.45, 7) is 1.54. The van der Waals surface area contributed by atoms with Crippen molar-refractivity contribution in [1.82, 2.24) is 15.5 Å². The van der Waals surface area contributed by atoms with Gasteiger partial charge in [0.1, 0.15) is 11.5 Å². The lowest BCUT2D eigenvalue weighted by Crippen LogP contribution is -2.25. The zero-order valence-corrected chi connectivity index (χ0v) is 13.8. The molecule has 3 rings (SSSR count). The lowest BCUT2D eigenvalue weighted by Gasteiger charge is -2.14. The number of halogens is 1. The molecule has 1 amide bonds. The molecule has 23 heavy (non-hydrogen) atoms. The van der Waals surface area contributed by atoms with Gasteiger partial charge >= 0.3 is 0 Å². The van der Waals surface area contributed by atoms with Gasteiger partial charge in [0.05, 0.1) is 19.9 Å². The summed E-state index contributed by atoms with van der Waals surface area (Å²) in [6.07, 6.45) is 0.849. The van der Waals surface area contributed by atoms with Crippen LogP contribution in [0.1, 0.15) is 21.7 Å². The normalized spacial score (nSPS) is 12.8. The van der Waals surface area contributed by atoms with Crippen molar-refractivity contribution in [2.75, 3.05) is 26.1 Å². The van der Waals surface area contributed by atoms with Crippen LogP contribution in [0.3, 0.4) is 0 Å². The number of anilines is 1. The molecule has 1 aromatic heterocycles. The maximum Gasteiger partial charge on any atom is 0.276 e. The third-order valence-corrected chi connectivity index (χ3v) is 3.68. The molecule has 0 saturated carbocycles. The Morgan fingerprint density at radius 2 is 2.13 bits per heavy atom. The number of rotatable bonds is 4. The Balaban J connectivity index is 0.00000192. The van der Waals surface area contributed by atoms with Crippen molar-refractivity contribution < 1.29 is 14.3 Å². The Kier molecular flexibility index (Phi) is 5.46. The van der Waals surface area contributed by atoms with Crippen LogP contribution < -0.4 is 20.1 Å². The maximum atomic E-state index is 12.5. The first-order chi connectivity index (χ1) is 10.7. The topological polar surface area (TPSA) is 88.3 Å². The van der Waals surface area contributed by atoms with E-state index in [9.17, 15) is 4.79 Å². The number of carbonyl (C=O) groups excluding carboxylic acids is 1. The molecule has 0 aliphatic carbocycles. The van der Waals surface area contributed by atoms with Crippen molar-refractivity contribution in [3.05, 3.63) is 35.2 Å². The summed E-state index contributed by atoms with van der Waals surface area (Å²) < 4.78 is 10.4. The van der Waals surface area contributed by atoms with E-state index >= 15 is 0 Å². The molecule has 7 nitrogen and oxygen atoms in total. The van der Waals surface area contributed by atoms with Gasteiger partial charge in [0, 0.05) is 36.8 Å². The monoisotopic (exact) mass is 338 g/mol. The molecular formula is C15H19ClN4O3. The fourth-order valence-electron chi connectivity index (χ4n) is 2.50. The molecule has 0 bridgehead atoms. The lowest BCUT2D eigenvalue weighted by atomic mass is 10.1. The number of nitrogens with one attached hydrogen (secondary N) is 3. The van der Waals surface area contributed by atoms with Crippen molar-refractivity contribution in [3.63, 3.8) is 0 Å². The Labute approximate surface area is 140 Å². The van der Waals surface area contributed by atoms with Crippen molar-refractivity contribution in [3.8, 4) is 11.5 Å². The lowest BCUT2D eigenvalue weighted by molar-refractivity contribution is 0.102. The number of methoxy groups -OCH3 is 2. The number of nitrogens with zero attached hydrogens (tertiary/aromatic N) is 1. The quantitative estimate of drug-likeness (QED) is 0.790. The molecule has 0 spiro atoms. The number of benzene rings is 1. The van der Waals surface area contributed by atoms with Crippen LogP contribution in [0.4, 0.5) is 5.69 Å². The summed E-state index contributed by atoms with van der Waals surface area (Å²) in [5.74, 6) is 0.941. The summed E-state index contributed by atoms with van der Waals surface area (Å²) >= 11 is 0. The smallest absolute Gasteiger partial charge is 0.276 e. The standard InChI is InChI=1S/C15H18N4O3.ClH/c1-21-9-3-4-12(13(7-9)22-2)17-15(20)14-10-8-16-6-5-11(10)18-19-14;/h3-4,7,16H,5-6,8H2,1-2H3,(H,17,20)(H,18,19);1H. The number of amides is 1. The van der Waals surface area contributed by atoms with Gasteiger partial charge in [-0.3, -0.25) is 9.89 Å². The van der Waals surface area contributed by atoms with E-state index in [0.29, 0.717) is 29.4 Å². The molecule has 1 aliphatic rings. The van der Waals surface area contributed by atoms with Gasteiger partial charge in [-0.05, 0) is 12.1 Å². The number of aromatic amines is 1. The molecule has 0 radical (unpaired) electrons. The molecule has 0 unspecified atom stereocenters. The molecule has 2 aromatic rings. The van der Waals surface area contributed by atoms with E-state index in [1.54, 1.807) is 32.4 Å². The Hall–Kier alpha value is -2.25. The molecule has 2 heterocycles. The second-order valence-corrected chi connectivity index (χ2v) is 4.98. The van der Waals surface area contributed by atoms with E-state index in [-0.39, 0.29) is 18.3 Å². The van der Waals surface area contributed by atoms with E-state index in [1.165, 1.54) is 0 Å². The van der Waals surface area contributed by atoms with Gasteiger partial charge in [-0.25, -0.2) is 0 Å². The van der Waals surface area contributed by atoms with Crippen LogP contribution in [0.5, 0.6) is 11.5 Å². The van der Waals surface area contributed by atoms with Gasteiger partial charge in [0.15, 0.2) is 5.69 Å². The highest BCUT2D eigenvalue weighted by atomic mass is 35.5. The summed E-state index contributed by atoms with van der Waals surface area (Å²) in [6, 6.07) is 5.23. The van der Waals surface area contributed by atoms with Gasteiger partial charge in [0.2, 0.25) is 0 Å². The highest BCUT2D eigenvalue weighted by Crippen LogP contribution is 2.29. The minimum Gasteiger partial charge on any atom is -0.497 e. The van der Waals surface area contributed by atoms with Crippen molar-refractivity contribution in [2.24, 2.45) is 0 Å². The number of carbonyl (C=O) groups is 1. The van der Waals surface area contributed by atoms with Crippen LogP contribution in [0.2, 0.25) is 0 Å². The third-order valence-electron chi connectivity index (χ3n) is 3.68. The minimum atomic E-state index is -0.260. The average molecular weight is 339 g/mol. The maximum absolute atomic E-state index is 12.5. The molecule has 8 heteroatoms. The van der Waals surface area contributed by atoms with Gasteiger partial charge in [-0.15, -0.1) is 12.4 Å². The van der Waals surface area contributed by atoms with Crippen molar-refractivity contribution >= 4 is 24.0 Å². The predicted molar refractivity (Wildman–Crippen MR) is 88.7 cm³/mol. The first kappa shape index (κ1) is 17.1. The molecular weight excluding hydrogens is 320 g/mol. The Morgan fingerprint density at radius 3 is 2.87 bits per heavy atom. The SMILES string of the molecule is COc1ccc(NC(=O)c2n[nH]c3c2CNCC3)c(OC)c1.Cl. The van der Waals surface area contributed by atoms with E-state index in [1.807, 2.05) is 0 Å². The molecule has 0 saturated heterocycles. The average Bonchev–Trinajstić information content (AvgIpc) is 2.99. The van der Waals surface area contributed by atoms with Gasteiger partial charge in [-0.2, -0.15) is 5.10 Å². The summed E-state index contributed by atoms with van der Waals surface area (Å²) in [4.78, 5) is 12.5. The second kappa shape index (κ2) is 7.34. The first-order valence-corrected chi connectivity index (χ1v) is 7.03. The van der Waals surface area contributed by atoms with Crippen molar-refractivity contribution in [1.29, 1.82) is 0 Å². The van der Waals surface area contributed by atoms with Crippen molar-refractivity contribution in [2.45, 2.75) is 13.0 Å². The van der Waals surface area contributed by atoms with Gasteiger partial charge in [-0.1, -0.05) is 0 Å². The largest absolute Gasteiger partial charge is 0.497 e. The van der Waals surface area contributed by atoms with Crippen LogP contribution in [0.25, 0.3) is 0 Å². The number of ether oxygens (including phenoxy) is 2. The summed E-state index contributed by atoms with van der Waals surface area (Å²) in [5.41, 5.74) is 2.94. The fraction of sp³-hybridized carbons (Fsp3) is 0.333. The summed E-state index contributed by atoms with van der Waals surface area (Å²) in [7, 11) is 3.13. The third kappa shape index (κ3) is 3.40. The molecule has 0 atom stereocenters. The molecule has 124 valence electrons. The molecule has 0 fully saturated rings. The van der Waals surface area contributed by atoms with Crippen LogP contribution in [0.15, 0.2) is 18.2 Å². The number of H-pyrrole nitrogens is 1. The minimum absolute atomic E-state index is 0. The number of hydrogen-bond acceptors (Lipinski definition) is 5. The zero-order valence-electron chi connectivity index (χ0n) is 12.9. The van der Waals surface area contributed by atoms with Crippen LogP contribution >= 0.6 is 12.4 Å². The zero-order chi connectivity index (χ0) is 15.5. The molecule has 3 N–H and O–H groups in total. The predicted octanol–water partition coefficient (Wildman–Crippen LogP) is 1.75. The van der Waals surface area contributed by atoms with Gasteiger partial charge < -0.3 is 20.1 Å².